The number of cyclic esters (lactones) is 1. The summed E-state index contributed by atoms with van der Waals surface area (Å²) in [4.78, 5) is 71.1. The van der Waals surface area contributed by atoms with E-state index >= 15 is 0 Å². The Balaban J connectivity index is 1.79. The van der Waals surface area contributed by atoms with E-state index in [1.54, 1.807) is 20.8 Å². The van der Waals surface area contributed by atoms with Crippen LogP contribution in [0.4, 0.5) is 0 Å². The number of Topliss-reactive ketones (excluding diaryl/α,β-unsaturated/α-hetero) is 2. The quantitative estimate of drug-likeness (QED) is 0.179. The highest BCUT2D eigenvalue weighted by Crippen LogP contribution is 2.49. The predicted octanol–water partition coefficient (Wildman–Crippen LogP) is 5.42. The molecule has 0 bridgehead atoms. The summed E-state index contributed by atoms with van der Waals surface area (Å²) in [6.45, 7) is 15.3. The van der Waals surface area contributed by atoms with Crippen LogP contribution in [-0.2, 0) is 58.1 Å². The molecule has 3 fully saturated rings. The fraction of sp³-hybridized carbons (Fsp3) is 0.732. The molecule has 0 N–H and O–H groups in total. The van der Waals surface area contributed by atoms with Gasteiger partial charge in [-0.25, -0.2) is 0 Å². The van der Waals surface area contributed by atoms with Gasteiger partial charge in [0, 0.05) is 43.5 Å². The van der Waals surface area contributed by atoms with Gasteiger partial charge in [0.1, 0.15) is 23.1 Å². The minimum atomic E-state index is -1.34. The highest BCUT2D eigenvalue weighted by Gasteiger charge is 2.61. The van der Waals surface area contributed by atoms with Crippen molar-refractivity contribution in [1.82, 2.24) is 4.90 Å². The number of carbonyl (C=O) groups is 5. The molecule has 302 valence electrons. The summed E-state index contributed by atoms with van der Waals surface area (Å²) in [6, 6.07) is 9.47. The first-order valence-electron chi connectivity index (χ1n) is 19.2. The smallest absolute Gasteiger partial charge is 0.320 e. The van der Waals surface area contributed by atoms with Gasteiger partial charge in [0.05, 0.1) is 23.9 Å². The van der Waals surface area contributed by atoms with Crippen molar-refractivity contribution in [3.05, 3.63) is 35.9 Å². The second-order valence-electron chi connectivity index (χ2n) is 16.1. The molecule has 1 aromatic carbocycles. The number of nitrogens with zero attached hydrogens (tertiary/aromatic N) is 1. The van der Waals surface area contributed by atoms with Crippen LogP contribution in [0.2, 0.25) is 0 Å². The molecule has 13 heteroatoms. The molecule has 54 heavy (non-hydrogen) atoms. The summed E-state index contributed by atoms with van der Waals surface area (Å²) in [5.41, 5.74) is -1.61. The summed E-state index contributed by atoms with van der Waals surface area (Å²) >= 11 is 1.41. The van der Waals surface area contributed by atoms with Crippen molar-refractivity contribution < 1.29 is 52.4 Å². The fourth-order valence-electron chi connectivity index (χ4n) is 8.81. The zero-order chi connectivity index (χ0) is 40.3. The lowest BCUT2D eigenvalue weighted by Gasteiger charge is -2.47. The van der Waals surface area contributed by atoms with Gasteiger partial charge in [-0.2, -0.15) is 0 Å². The van der Waals surface area contributed by atoms with Gasteiger partial charge in [-0.3, -0.25) is 24.0 Å². The lowest BCUT2D eigenvalue weighted by Crippen LogP contribution is -2.60. The average Bonchev–Trinajstić information content (AvgIpc) is 3.39. The second-order valence-corrected chi connectivity index (χ2v) is 17.2. The lowest BCUT2D eigenvalue weighted by molar-refractivity contribution is -0.298. The van der Waals surface area contributed by atoms with Crippen LogP contribution in [0.1, 0.15) is 87.1 Å². The van der Waals surface area contributed by atoms with Crippen molar-refractivity contribution in [2.45, 2.75) is 141 Å². The van der Waals surface area contributed by atoms with E-state index in [2.05, 4.69) is 0 Å². The number of esters is 3. The standard InChI is InChI=1S/C41H61NO11S/c1-13-30-41(9)31(35(38(47)53-41)54-21-28-17-15-14-16-18-28)24(4)32(44)22(2)20-40(8,48-12)36(25(5)33(45)26(6)37(46)51-30)52-39-34(50-27(7)43)29(42(10)11)19-23(3)49-39/h14-18,22-26,29-31,34-36,39H,13,19-21H2,1-12H3/t22-,23-,24-,25+,26-,29+,30-,31+,34-,35+,36-,39+,40-,41-/m1/s1. The summed E-state index contributed by atoms with van der Waals surface area (Å²) in [5.74, 6) is -6.04. The molecular weight excluding hydrogens is 715 g/mol. The van der Waals surface area contributed by atoms with Crippen LogP contribution in [0.5, 0.6) is 0 Å². The van der Waals surface area contributed by atoms with E-state index in [0.29, 0.717) is 12.2 Å². The molecule has 0 aliphatic carbocycles. The monoisotopic (exact) mass is 775 g/mol. The van der Waals surface area contributed by atoms with Gasteiger partial charge in [0.25, 0.3) is 0 Å². The Kier molecular flexibility index (Phi) is 14.6. The number of fused-ring (bicyclic) bond motifs is 1. The van der Waals surface area contributed by atoms with Gasteiger partial charge in [-0.15, -0.1) is 11.8 Å². The molecule has 1 aromatic rings. The number of carbonyl (C=O) groups excluding carboxylic acids is 5. The van der Waals surface area contributed by atoms with E-state index in [1.165, 1.54) is 32.7 Å². The Morgan fingerprint density at radius 1 is 0.963 bits per heavy atom. The number of hydrogen-bond donors (Lipinski definition) is 0. The zero-order valence-electron chi connectivity index (χ0n) is 34.0. The molecule has 3 heterocycles. The van der Waals surface area contributed by atoms with Crippen LogP contribution < -0.4 is 0 Å². The van der Waals surface area contributed by atoms with Crippen LogP contribution in [0.3, 0.4) is 0 Å². The minimum absolute atomic E-state index is 0.128. The highest BCUT2D eigenvalue weighted by atomic mass is 32.2. The zero-order valence-corrected chi connectivity index (χ0v) is 34.8. The van der Waals surface area contributed by atoms with Gasteiger partial charge in [-0.1, -0.05) is 58.0 Å². The maximum absolute atomic E-state index is 14.7. The number of ether oxygens (including phenoxy) is 6. The topological polar surface area (TPSA) is 144 Å². The van der Waals surface area contributed by atoms with Crippen LogP contribution in [0.15, 0.2) is 30.3 Å². The lowest BCUT2D eigenvalue weighted by atomic mass is 9.70. The molecule has 0 aromatic heterocycles. The van der Waals surface area contributed by atoms with Crippen molar-refractivity contribution in [1.29, 1.82) is 0 Å². The molecule has 0 radical (unpaired) electrons. The Morgan fingerprint density at radius 3 is 2.19 bits per heavy atom. The van der Waals surface area contributed by atoms with E-state index in [9.17, 15) is 24.0 Å². The molecular formula is C41H61NO11S. The number of hydrogen-bond acceptors (Lipinski definition) is 13. The first-order valence-corrected chi connectivity index (χ1v) is 20.2. The number of methoxy groups -OCH3 is 1. The number of benzene rings is 1. The van der Waals surface area contributed by atoms with Crippen LogP contribution in [0, 0.1) is 29.6 Å². The molecule has 3 aliphatic rings. The third-order valence-corrected chi connectivity index (χ3v) is 13.2. The van der Waals surface area contributed by atoms with Crippen LogP contribution >= 0.6 is 11.8 Å². The number of thioether (sulfide) groups is 1. The van der Waals surface area contributed by atoms with Gasteiger partial charge < -0.3 is 33.3 Å². The summed E-state index contributed by atoms with van der Waals surface area (Å²) in [6.07, 6.45) is -3.25. The molecule has 12 nitrogen and oxygen atoms in total. The molecule has 3 aliphatic heterocycles. The normalized spacial score (nSPS) is 39.7. The Morgan fingerprint density at radius 2 is 1.61 bits per heavy atom. The first kappa shape index (κ1) is 43.9. The fourth-order valence-corrected chi connectivity index (χ4v) is 10.3. The van der Waals surface area contributed by atoms with E-state index in [4.69, 9.17) is 28.4 Å². The van der Waals surface area contributed by atoms with E-state index in [0.717, 1.165) is 5.56 Å². The average molecular weight is 776 g/mol. The highest BCUT2D eigenvalue weighted by molar-refractivity contribution is 7.99. The molecule has 0 amide bonds. The number of ketones is 2. The largest absolute Gasteiger partial charge is 0.458 e. The van der Waals surface area contributed by atoms with Crippen LogP contribution in [0.25, 0.3) is 0 Å². The molecule has 3 saturated heterocycles. The molecule has 0 spiro atoms. The van der Waals surface area contributed by atoms with Crippen LogP contribution in [-0.4, -0.2) is 109 Å². The molecule has 0 unspecified atom stereocenters. The van der Waals surface area contributed by atoms with Gasteiger partial charge in [-0.05, 0) is 66.6 Å². The summed E-state index contributed by atoms with van der Waals surface area (Å²) in [7, 11) is 5.26. The third-order valence-electron chi connectivity index (χ3n) is 11.9. The Bertz CT molecular complexity index is 1510. The van der Waals surface area contributed by atoms with Crippen molar-refractivity contribution in [2.75, 3.05) is 21.2 Å². The number of likely N-dealkylation sites (N-methyl/N-ethyl adjacent to an activating group) is 1. The van der Waals surface area contributed by atoms with E-state index in [1.807, 2.05) is 77.0 Å². The van der Waals surface area contributed by atoms with Gasteiger partial charge >= 0.3 is 17.9 Å². The summed E-state index contributed by atoms with van der Waals surface area (Å²) < 4.78 is 37.4. The predicted molar refractivity (Wildman–Crippen MR) is 203 cm³/mol. The third kappa shape index (κ3) is 9.23. The van der Waals surface area contributed by atoms with Crippen molar-refractivity contribution in [2.24, 2.45) is 29.6 Å². The van der Waals surface area contributed by atoms with E-state index in [-0.39, 0.29) is 30.8 Å². The molecule has 14 atom stereocenters. The van der Waals surface area contributed by atoms with Crippen molar-refractivity contribution in [3.8, 4) is 0 Å². The van der Waals surface area contributed by atoms with Crippen molar-refractivity contribution in [3.63, 3.8) is 0 Å². The second kappa shape index (κ2) is 18.0. The number of rotatable bonds is 9. The summed E-state index contributed by atoms with van der Waals surface area (Å²) in [5, 5.41) is -0.723. The maximum atomic E-state index is 14.7. The SMILES string of the molecule is CC[C@H]1OC(=O)[C@H](C)C(=O)[C@H](C)[C@@H](O[C@@H]2O[C@H](C)C[C@H](N(C)C)[C@H]2OC(C)=O)[C@](C)(OC)C[C@@H](C)C(=O)[C@H](C)[C@H]2[C@H](SCc3ccccc3)C(=O)O[C@@]21C. The Hall–Kier alpha value is -2.84. The minimum Gasteiger partial charge on any atom is -0.458 e. The van der Waals surface area contributed by atoms with E-state index < -0.39 is 94.3 Å². The first-order chi connectivity index (χ1) is 25.3. The maximum Gasteiger partial charge on any atom is 0.320 e. The Labute approximate surface area is 325 Å². The van der Waals surface area contributed by atoms with Gasteiger partial charge in [0.2, 0.25) is 0 Å². The molecule has 4 rings (SSSR count). The van der Waals surface area contributed by atoms with Crippen molar-refractivity contribution >= 4 is 41.2 Å². The molecule has 0 saturated carbocycles. The van der Waals surface area contributed by atoms with Gasteiger partial charge in [0.15, 0.2) is 23.8 Å².